The van der Waals surface area contributed by atoms with E-state index >= 15 is 0 Å². The molecule has 0 heterocycles. The van der Waals surface area contributed by atoms with E-state index in [1.807, 2.05) is 11.8 Å². The Balaban J connectivity index is 3.41. The van der Waals surface area contributed by atoms with Crippen molar-refractivity contribution in [3.8, 4) is 0 Å². The summed E-state index contributed by atoms with van der Waals surface area (Å²) in [4.78, 5) is 0. The summed E-state index contributed by atoms with van der Waals surface area (Å²) in [6, 6.07) is 0. The molecule has 0 unspecified atom stereocenters. The molecule has 0 aliphatic rings. The molecule has 4 heteroatoms. The van der Waals surface area contributed by atoms with Crippen LogP contribution in [0.15, 0.2) is 0 Å². The standard InChI is InChI=1S/C9H20N2S2/c1-9(2,3)11-8(12)10-6-5-7-13-4/h5-7H2,1-4H3,(H2,10,11,12). The third-order valence-electron chi connectivity index (χ3n) is 1.30. The Kier molecular flexibility index (Phi) is 6.51. The number of rotatable bonds is 4. The zero-order chi connectivity index (χ0) is 10.3. The Morgan fingerprint density at radius 2 is 2.00 bits per heavy atom. The molecule has 0 rings (SSSR count). The molecule has 2 nitrogen and oxygen atoms in total. The molecule has 0 atom stereocenters. The molecule has 0 aromatic rings. The number of nitrogens with one attached hydrogen (secondary N) is 2. The minimum Gasteiger partial charge on any atom is -0.363 e. The minimum absolute atomic E-state index is 0.0591. The SMILES string of the molecule is CSCCCNC(=S)NC(C)(C)C. The van der Waals surface area contributed by atoms with Crippen LogP contribution < -0.4 is 10.6 Å². The van der Waals surface area contributed by atoms with Gasteiger partial charge in [-0.05, 0) is 51.4 Å². The summed E-state index contributed by atoms with van der Waals surface area (Å²) in [6.07, 6.45) is 3.28. The quantitative estimate of drug-likeness (QED) is 0.559. The van der Waals surface area contributed by atoms with Crippen molar-refractivity contribution < 1.29 is 0 Å². The molecule has 0 aliphatic heterocycles. The Bertz CT molecular complexity index is 152. The van der Waals surface area contributed by atoms with Crippen LogP contribution in [-0.2, 0) is 0 Å². The number of thioether (sulfide) groups is 1. The van der Waals surface area contributed by atoms with Gasteiger partial charge in [0, 0.05) is 12.1 Å². The predicted octanol–water partition coefficient (Wildman–Crippen LogP) is 2.00. The molecular weight excluding hydrogens is 200 g/mol. The Labute approximate surface area is 91.2 Å². The van der Waals surface area contributed by atoms with Crippen LogP contribution in [0.4, 0.5) is 0 Å². The van der Waals surface area contributed by atoms with Gasteiger partial charge in [-0.15, -0.1) is 0 Å². The van der Waals surface area contributed by atoms with E-state index < -0.39 is 0 Å². The summed E-state index contributed by atoms with van der Waals surface area (Å²) in [5.74, 6) is 1.19. The summed E-state index contributed by atoms with van der Waals surface area (Å²) in [6.45, 7) is 7.26. The van der Waals surface area contributed by atoms with Crippen molar-refractivity contribution in [2.45, 2.75) is 32.7 Å². The minimum atomic E-state index is 0.0591. The zero-order valence-electron chi connectivity index (χ0n) is 8.94. The topological polar surface area (TPSA) is 24.1 Å². The van der Waals surface area contributed by atoms with E-state index in [1.165, 1.54) is 5.75 Å². The second-order valence-corrected chi connectivity index (χ2v) is 5.37. The first-order valence-corrected chi connectivity index (χ1v) is 6.31. The molecule has 0 saturated carbocycles. The van der Waals surface area contributed by atoms with Crippen LogP contribution in [0, 0.1) is 0 Å². The smallest absolute Gasteiger partial charge is 0.166 e. The van der Waals surface area contributed by atoms with Gasteiger partial charge in [0.05, 0.1) is 0 Å². The second kappa shape index (κ2) is 6.49. The molecule has 13 heavy (non-hydrogen) atoms. The molecule has 0 spiro atoms. The van der Waals surface area contributed by atoms with Crippen molar-refractivity contribution >= 4 is 29.1 Å². The fraction of sp³-hybridized carbons (Fsp3) is 0.889. The monoisotopic (exact) mass is 220 g/mol. The number of hydrogen-bond donors (Lipinski definition) is 2. The van der Waals surface area contributed by atoms with Gasteiger partial charge in [-0.2, -0.15) is 11.8 Å². The highest BCUT2D eigenvalue weighted by atomic mass is 32.2. The lowest BCUT2D eigenvalue weighted by Crippen LogP contribution is -2.46. The van der Waals surface area contributed by atoms with Crippen LogP contribution in [0.2, 0.25) is 0 Å². The van der Waals surface area contributed by atoms with E-state index in [4.69, 9.17) is 12.2 Å². The van der Waals surface area contributed by atoms with E-state index in [0.29, 0.717) is 0 Å². The van der Waals surface area contributed by atoms with E-state index in [9.17, 15) is 0 Å². The highest BCUT2D eigenvalue weighted by molar-refractivity contribution is 7.98. The molecule has 0 amide bonds. The van der Waals surface area contributed by atoms with E-state index in [2.05, 4.69) is 37.7 Å². The van der Waals surface area contributed by atoms with Gasteiger partial charge in [0.1, 0.15) is 0 Å². The largest absolute Gasteiger partial charge is 0.363 e. The van der Waals surface area contributed by atoms with Crippen molar-refractivity contribution in [3.05, 3.63) is 0 Å². The molecule has 2 N–H and O–H groups in total. The molecule has 0 aromatic carbocycles. The van der Waals surface area contributed by atoms with Gasteiger partial charge < -0.3 is 10.6 Å². The van der Waals surface area contributed by atoms with E-state index in [-0.39, 0.29) is 5.54 Å². The van der Waals surface area contributed by atoms with Crippen molar-refractivity contribution in [3.63, 3.8) is 0 Å². The molecule has 0 saturated heterocycles. The maximum atomic E-state index is 5.12. The van der Waals surface area contributed by atoms with Gasteiger partial charge in [-0.1, -0.05) is 0 Å². The summed E-state index contributed by atoms with van der Waals surface area (Å²) in [5, 5.41) is 7.15. The molecule has 0 aromatic heterocycles. The molecule has 0 fully saturated rings. The predicted molar refractivity (Wildman–Crippen MR) is 66.5 cm³/mol. The number of thiocarbonyl (C=S) groups is 1. The van der Waals surface area contributed by atoms with Gasteiger partial charge in [-0.25, -0.2) is 0 Å². The van der Waals surface area contributed by atoms with E-state index in [1.54, 1.807) is 0 Å². The zero-order valence-corrected chi connectivity index (χ0v) is 10.6. The lowest BCUT2D eigenvalue weighted by molar-refractivity contribution is 0.507. The maximum absolute atomic E-state index is 5.12. The Morgan fingerprint density at radius 1 is 1.38 bits per heavy atom. The highest BCUT2D eigenvalue weighted by Gasteiger charge is 2.09. The van der Waals surface area contributed by atoms with Crippen molar-refractivity contribution in [2.24, 2.45) is 0 Å². The first kappa shape index (κ1) is 13.0. The van der Waals surface area contributed by atoms with Crippen LogP contribution in [0.25, 0.3) is 0 Å². The lowest BCUT2D eigenvalue weighted by Gasteiger charge is -2.22. The van der Waals surface area contributed by atoms with Crippen molar-refractivity contribution in [1.29, 1.82) is 0 Å². The van der Waals surface area contributed by atoms with E-state index in [0.717, 1.165) is 18.1 Å². The van der Waals surface area contributed by atoms with Crippen LogP contribution in [-0.4, -0.2) is 29.2 Å². The van der Waals surface area contributed by atoms with Gasteiger partial charge in [0.15, 0.2) is 5.11 Å². The fourth-order valence-electron chi connectivity index (χ4n) is 0.803. The van der Waals surface area contributed by atoms with Crippen molar-refractivity contribution in [1.82, 2.24) is 10.6 Å². The van der Waals surface area contributed by atoms with Gasteiger partial charge in [0.2, 0.25) is 0 Å². The average molecular weight is 220 g/mol. The number of hydrogen-bond acceptors (Lipinski definition) is 2. The van der Waals surface area contributed by atoms with Crippen LogP contribution in [0.1, 0.15) is 27.2 Å². The Morgan fingerprint density at radius 3 is 2.46 bits per heavy atom. The Hall–Kier alpha value is 0.0400. The average Bonchev–Trinajstić information content (AvgIpc) is 1.94. The third-order valence-corrected chi connectivity index (χ3v) is 2.24. The molecule has 0 bridgehead atoms. The molecule has 78 valence electrons. The third kappa shape index (κ3) is 9.96. The van der Waals surface area contributed by atoms with Crippen LogP contribution >= 0.6 is 24.0 Å². The van der Waals surface area contributed by atoms with Gasteiger partial charge >= 0.3 is 0 Å². The van der Waals surface area contributed by atoms with Crippen molar-refractivity contribution in [2.75, 3.05) is 18.6 Å². The lowest BCUT2D eigenvalue weighted by atomic mass is 10.1. The summed E-state index contributed by atoms with van der Waals surface area (Å²) in [7, 11) is 0. The van der Waals surface area contributed by atoms with Gasteiger partial charge in [-0.3, -0.25) is 0 Å². The first-order chi connectivity index (χ1) is 5.95. The first-order valence-electron chi connectivity index (χ1n) is 4.50. The van der Waals surface area contributed by atoms with Crippen LogP contribution in [0.5, 0.6) is 0 Å². The van der Waals surface area contributed by atoms with Gasteiger partial charge in [0.25, 0.3) is 0 Å². The molecule has 0 aliphatic carbocycles. The summed E-state index contributed by atoms with van der Waals surface area (Å²) in [5.41, 5.74) is 0.0591. The second-order valence-electron chi connectivity index (χ2n) is 3.98. The summed E-state index contributed by atoms with van der Waals surface area (Å²) < 4.78 is 0. The fourth-order valence-corrected chi connectivity index (χ4v) is 1.64. The molecular formula is C9H20N2S2. The molecule has 0 radical (unpaired) electrons. The van der Waals surface area contributed by atoms with Crippen LogP contribution in [0.3, 0.4) is 0 Å². The highest BCUT2D eigenvalue weighted by Crippen LogP contribution is 1.98. The normalized spacial score (nSPS) is 11.1. The maximum Gasteiger partial charge on any atom is 0.166 e. The summed E-state index contributed by atoms with van der Waals surface area (Å²) >= 11 is 6.99.